The van der Waals surface area contributed by atoms with E-state index in [9.17, 15) is 18.0 Å². The molecule has 2 aromatic rings. The highest BCUT2D eigenvalue weighted by Crippen LogP contribution is 2.34. The van der Waals surface area contributed by atoms with Gasteiger partial charge < -0.3 is 10.6 Å². The number of halogens is 3. The summed E-state index contributed by atoms with van der Waals surface area (Å²) in [5.41, 5.74) is 1.19. The zero-order chi connectivity index (χ0) is 19.3. The minimum Gasteiger partial charge on any atom is -0.325 e. The van der Waals surface area contributed by atoms with Crippen LogP contribution in [0.25, 0.3) is 0 Å². The first-order chi connectivity index (χ1) is 12.2. The number of para-hydroxylation sites is 1. The predicted molar refractivity (Wildman–Crippen MR) is 96.9 cm³/mol. The van der Waals surface area contributed by atoms with Gasteiger partial charge >= 0.3 is 6.18 Å². The van der Waals surface area contributed by atoms with Gasteiger partial charge in [-0.1, -0.05) is 42.0 Å². The van der Waals surface area contributed by atoms with Gasteiger partial charge in [-0.05, 0) is 38.5 Å². The van der Waals surface area contributed by atoms with Crippen LogP contribution >= 0.6 is 0 Å². The molecule has 0 radical (unpaired) electrons. The number of amides is 1. The number of nitrogens with one attached hydrogen (secondary N) is 2. The molecule has 2 aromatic carbocycles. The lowest BCUT2D eigenvalue weighted by atomic mass is 10.1. The van der Waals surface area contributed by atoms with Gasteiger partial charge in [-0.15, -0.1) is 0 Å². The third-order valence-electron chi connectivity index (χ3n) is 4.11. The largest absolute Gasteiger partial charge is 0.418 e. The van der Waals surface area contributed by atoms with Gasteiger partial charge in [0.1, 0.15) is 0 Å². The van der Waals surface area contributed by atoms with Crippen molar-refractivity contribution in [2.24, 2.45) is 0 Å². The van der Waals surface area contributed by atoms with Crippen LogP contribution in [0.3, 0.4) is 0 Å². The fourth-order valence-electron chi connectivity index (χ4n) is 2.76. The molecule has 0 aliphatic heterocycles. The van der Waals surface area contributed by atoms with Crippen LogP contribution in [0.1, 0.15) is 43.0 Å². The molecule has 140 valence electrons. The molecule has 2 atom stereocenters. The molecule has 0 fully saturated rings. The van der Waals surface area contributed by atoms with Crippen molar-refractivity contribution >= 4 is 11.6 Å². The summed E-state index contributed by atoms with van der Waals surface area (Å²) >= 11 is 0. The Bertz CT molecular complexity index is 741. The highest BCUT2D eigenvalue weighted by atomic mass is 19.4. The van der Waals surface area contributed by atoms with Crippen molar-refractivity contribution in [3.8, 4) is 0 Å². The second-order valence-electron chi connectivity index (χ2n) is 6.50. The van der Waals surface area contributed by atoms with Crippen LogP contribution < -0.4 is 10.6 Å². The summed E-state index contributed by atoms with van der Waals surface area (Å²) in [4.78, 5) is 12.1. The maximum Gasteiger partial charge on any atom is 0.418 e. The van der Waals surface area contributed by atoms with Crippen molar-refractivity contribution in [2.75, 3.05) is 5.32 Å². The van der Waals surface area contributed by atoms with E-state index in [1.807, 2.05) is 45.0 Å². The van der Waals surface area contributed by atoms with Crippen molar-refractivity contribution in [1.29, 1.82) is 0 Å². The number of carbonyl (C=O) groups excluding carboxylic acids is 1. The van der Waals surface area contributed by atoms with Gasteiger partial charge in [0.15, 0.2) is 0 Å². The minimum absolute atomic E-state index is 0.0286. The third-order valence-corrected chi connectivity index (χ3v) is 4.11. The lowest BCUT2D eigenvalue weighted by molar-refractivity contribution is -0.137. The molecule has 2 rings (SSSR count). The van der Waals surface area contributed by atoms with E-state index in [0.717, 1.165) is 17.2 Å². The summed E-state index contributed by atoms with van der Waals surface area (Å²) in [7, 11) is 0. The topological polar surface area (TPSA) is 41.1 Å². The second kappa shape index (κ2) is 8.36. The molecule has 1 amide bonds. The number of hydrogen-bond acceptors (Lipinski definition) is 2. The quantitative estimate of drug-likeness (QED) is 0.750. The number of hydrogen-bond donors (Lipinski definition) is 2. The van der Waals surface area contributed by atoms with Crippen LogP contribution in [0.15, 0.2) is 48.5 Å². The molecule has 0 bridgehead atoms. The van der Waals surface area contributed by atoms with Gasteiger partial charge in [0.05, 0.1) is 11.3 Å². The number of anilines is 1. The predicted octanol–water partition coefficient (Wildman–Crippen LogP) is 5.08. The second-order valence-corrected chi connectivity index (χ2v) is 6.50. The van der Waals surface area contributed by atoms with Gasteiger partial charge in [-0.25, -0.2) is 0 Å². The molecule has 0 saturated carbocycles. The van der Waals surface area contributed by atoms with E-state index in [4.69, 9.17) is 0 Å². The van der Waals surface area contributed by atoms with Crippen molar-refractivity contribution in [1.82, 2.24) is 5.32 Å². The first kappa shape index (κ1) is 20.0. The molecule has 0 heterocycles. The highest BCUT2D eigenvalue weighted by Gasteiger charge is 2.33. The van der Waals surface area contributed by atoms with E-state index in [-0.39, 0.29) is 24.2 Å². The SMILES string of the molecule is Cc1ccc(C(C)NC(C)CC(=O)Nc2ccccc2C(F)(F)F)cc1. The number of benzene rings is 2. The molecule has 0 aliphatic carbocycles. The number of alkyl halides is 3. The standard InChI is InChI=1S/C20H23F3N2O/c1-13-8-10-16(11-9-13)15(3)24-14(2)12-19(26)25-18-7-5-4-6-17(18)20(21,22)23/h4-11,14-15,24H,12H2,1-3H3,(H,25,26). The van der Waals surface area contributed by atoms with E-state index in [2.05, 4.69) is 10.6 Å². The molecular formula is C20H23F3N2O. The Hall–Kier alpha value is -2.34. The Morgan fingerprint density at radius 3 is 2.27 bits per heavy atom. The van der Waals surface area contributed by atoms with E-state index in [1.54, 1.807) is 0 Å². The number of carbonyl (C=O) groups is 1. The van der Waals surface area contributed by atoms with Gasteiger partial charge in [0.25, 0.3) is 0 Å². The minimum atomic E-state index is -4.51. The first-order valence-electron chi connectivity index (χ1n) is 8.45. The third kappa shape index (κ3) is 5.59. The molecule has 0 spiro atoms. The molecular weight excluding hydrogens is 341 g/mol. The van der Waals surface area contributed by atoms with E-state index in [1.165, 1.54) is 18.2 Å². The molecule has 2 unspecified atom stereocenters. The zero-order valence-electron chi connectivity index (χ0n) is 15.0. The summed E-state index contributed by atoms with van der Waals surface area (Å²) < 4.78 is 39.0. The highest BCUT2D eigenvalue weighted by molar-refractivity contribution is 5.92. The summed E-state index contributed by atoms with van der Waals surface area (Å²) in [5.74, 6) is -0.460. The Morgan fingerprint density at radius 2 is 1.65 bits per heavy atom. The van der Waals surface area contributed by atoms with Gasteiger partial charge in [-0.3, -0.25) is 4.79 Å². The van der Waals surface area contributed by atoms with Gasteiger partial charge in [0.2, 0.25) is 5.91 Å². The Labute approximate surface area is 151 Å². The van der Waals surface area contributed by atoms with Crippen LogP contribution in [-0.4, -0.2) is 11.9 Å². The van der Waals surface area contributed by atoms with Crippen molar-refractivity contribution in [2.45, 2.75) is 45.5 Å². The summed E-state index contributed by atoms with van der Waals surface area (Å²) in [6.45, 7) is 5.82. The fourth-order valence-corrected chi connectivity index (χ4v) is 2.76. The van der Waals surface area contributed by atoms with Gasteiger partial charge in [-0.2, -0.15) is 13.2 Å². The average Bonchev–Trinajstić information content (AvgIpc) is 2.54. The van der Waals surface area contributed by atoms with Crippen LogP contribution in [-0.2, 0) is 11.0 Å². The molecule has 0 aromatic heterocycles. The molecule has 0 saturated heterocycles. The van der Waals surface area contributed by atoms with E-state index >= 15 is 0 Å². The molecule has 0 aliphatic rings. The van der Waals surface area contributed by atoms with Crippen molar-refractivity contribution in [3.63, 3.8) is 0 Å². The molecule has 3 nitrogen and oxygen atoms in total. The monoisotopic (exact) mass is 364 g/mol. The number of rotatable bonds is 6. The molecule has 26 heavy (non-hydrogen) atoms. The van der Waals surface area contributed by atoms with E-state index < -0.39 is 17.6 Å². The summed E-state index contributed by atoms with van der Waals surface area (Å²) in [5, 5.41) is 5.66. The maximum atomic E-state index is 13.0. The Kier molecular flexibility index (Phi) is 6.42. The van der Waals surface area contributed by atoms with Crippen LogP contribution in [0.2, 0.25) is 0 Å². The van der Waals surface area contributed by atoms with Crippen LogP contribution in [0.4, 0.5) is 18.9 Å². The molecule has 2 N–H and O–H groups in total. The summed E-state index contributed by atoms with van der Waals surface area (Å²) in [6, 6.07) is 12.9. The summed E-state index contributed by atoms with van der Waals surface area (Å²) in [6.07, 6.45) is -4.43. The lowest BCUT2D eigenvalue weighted by Crippen LogP contribution is -2.32. The molecule has 6 heteroatoms. The van der Waals surface area contributed by atoms with Crippen LogP contribution in [0.5, 0.6) is 0 Å². The van der Waals surface area contributed by atoms with Gasteiger partial charge in [0, 0.05) is 18.5 Å². The lowest BCUT2D eigenvalue weighted by Gasteiger charge is -2.21. The zero-order valence-corrected chi connectivity index (χ0v) is 15.0. The smallest absolute Gasteiger partial charge is 0.325 e. The van der Waals surface area contributed by atoms with Crippen LogP contribution in [0, 0.1) is 6.92 Å². The number of aryl methyl sites for hydroxylation is 1. The van der Waals surface area contributed by atoms with Crippen molar-refractivity contribution < 1.29 is 18.0 Å². The normalized spacial score (nSPS) is 13.9. The first-order valence-corrected chi connectivity index (χ1v) is 8.45. The van der Waals surface area contributed by atoms with Crippen molar-refractivity contribution in [3.05, 3.63) is 65.2 Å². The maximum absolute atomic E-state index is 13.0. The fraction of sp³-hybridized carbons (Fsp3) is 0.350. The Balaban J connectivity index is 1.94. The van der Waals surface area contributed by atoms with E-state index in [0.29, 0.717) is 0 Å². The Morgan fingerprint density at radius 1 is 1.04 bits per heavy atom. The average molecular weight is 364 g/mol.